The Morgan fingerprint density at radius 2 is 2.26 bits per heavy atom. The number of aryl methyl sites for hydroxylation is 1. The van der Waals surface area contributed by atoms with Crippen molar-refractivity contribution in [2.75, 3.05) is 26.0 Å². The molecule has 0 aliphatic carbocycles. The highest BCUT2D eigenvalue weighted by molar-refractivity contribution is 7.88. The molecule has 0 saturated carbocycles. The summed E-state index contributed by atoms with van der Waals surface area (Å²) in [6.45, 7) is 1.66. The third-order valence-electron chi connectivity index (χ3n) is 4.64. The van der Waals surface area contributed by atoms with Gasteiger partial charge in [0, 0.05) is 32.4 Å². The smallest absolute Gasteiger partial charge is 0.270 e. The average molecular weight is 341 g/mol. The lowest BCUT2D eigenvalue weighted by Gasteiger charge is -2.38. The van der Waals surface area contributed by atoms with Crippen LogP contribution in [-0.2, 0) is 21.8 Å². The Kier molecular flexibility index (Phi) is 4.24. The third-order valence-corrected chi connectivity index (χ3v) is 5.40. The molecule has 7 nitrogen and oxygen atoms in total. The van der Waals surface area contributed by atoms with Gasteiger partial charge in [0.05, 0.1) is 18.4 Å². The first-order chi connectivity index (χ1) is 10.8. The van der Waals surface area contributed by atoms with Gasteiger partial charge in [-0.3, -0.25) is 4.79 Å². The molecule has 1 aromatic heterocycles. The largest absolute Gasteiger partial charge is 0.373 e. The molecule has 1 amide bonds. The second-order valence-corrected chi connectivity index (χ2v) is 8.37. The van der Waals surface area contributed by atoms with E-state index >= 15 is 0 Å². The Labute approximate surface area is 136 Å². The Balaban J connectivity index is 1.68. The van der Waals surface area contributed by atoms with Crippen LogP contribution in [0, 0.1) is 0 Å². The second kappa shape index (κ2) is 5.92. The maximum absolute atomic E-state index is 12.6. The van der Waals surface area contributed by atoms with E-state index in [1.807, 2.05) is 29.9 Å². The van der Waals surface area contributed by atoms with E-state index in [2.05, 4.69) is 4.72 Å². The van der Waals surface area contributed by atoms with Crippen LogP contribution in [0.5, 0.6) is 0 Å². The third kappa shape index (κ3) is 3.59. The van der Waals surface area contributed by atoms with Crippen molar-refractivity contribution in [1.82, 2.24) is 14.2 Å². The van der Waals surface area contributed by atoms with Crippen molar-refractivity contribution < 1.29 is 17.9 Å². The van der Waals surface area contributed by atoms with Crippen LogP contribution in [0.15, 0.2) is 18.3 Å². The van der Waals surface area contributed by atoms with Gasteiger partial charge in [-0.15, -0.1) is 0 Å². The van der Waals surface area contributed by atoms with Crippen molar-refractivity contribution in [3.05, 3.63) is 24.0 Å². The average Bonchev–Trinajstić information content (AvgIpc) is 3.03. The van der Waals surface area contributed by atoms with E-state index in [4.69, 9.17) is 4.74 Å². The lowest BCUT2D eigenvalue weighted by atomic mass is 9.90. The lowest BCUT2D eigenvalue weighted by molar-refractivity contribution is -0.0763. The van der Waals surface area contributed by atoms with Gasteiger partial charge in [-0.1, -0.05) is 0 Å². The summed E-state index contributed by atoms with van der Waals surface area (Å²) in [6.07, 6.45) is 5.04. The number of sulfonamides is 1. The highest BCUT2D eigenvalue weighted by Gasteiger charge is 2.45. The molecule has 2 saturated heterocycles. The molecule has 0 aromatic carbocycles. The maximum Gasteiger partial charge on any atom is 0.270 e. The van der Waals surface area contributed by atoms with E-state index in [0.29, 0.717) is 38.2 Å². The monoisotopic (exact) mass is 341 g/mol. The summed E-state index contributed by atoms with van der Waals surface area (Å²) < 4.78 is 33.3. The van der Waals surface area contributed by atoms with Crippen molar-refractivity contribution in [1.29, 1.82) is 0 Å². The van der Waals surface area contributed by atoms with Gasteiger partial charge in [0.15, 0.2) is 0 Å². The number of hydrogen-bond acceptors (Lipinski definition) is 4. The van der Waals surface area contributed by atoms with Crippen molar-refractivity contribution in [3.8, 4) is 0 Å². The zero-order chi connectivity index (χ0) is 16.7. The summed E-state index contributed by atoms with van der Waals surface area (Å²) >= 11 is 0. The molecular weight excluding hydrogens is 318 g/mol. The number of hydrogen-bond donors (Lipinski definition) is 1. The van der Waals surface area contributed by atoms with Gasteiger partial charge in [-0.25, -0.2) is 13.1 Å². The Hall–Kier alpha value is -1.38. The van der Waals surface area contributed by atoms with Crippen LogP contribution in [0.1, 0.15) is 29.8 Å². The summed E-state index contributed by atoms with van der Waals surface area (Å²) in [7, 11) is -1.38. The van der Waals surface area contributed by atoms with Crippen LogP contribution < -0.4 is 4.72 Å². The fourth-order valence-electron chi connectivity index (χ4n) is 3.58. The van der Waals surface area contributed by atoms with E-state index in [1.165, 1.54) is 6.26 Å². The molecule has 0 unspecified atom stereocenters. The molecule has 1 aromatic rings. The molecule has 1 spiro atoms. The van der Waals surface area contributed by atoms with Gasteiger partial charge >= 0.3 is 0 Å². The highest BCUT2D eigenvalue weighted by Crippen LogP contribution is 2.35. The molecular formula is C15H23N3O4S. The number of carbonyl (C=O) groups is 1. The fraction of sp³-hybridized carbons (Fsp3) is 0.667. The van der Waals surface area contributed by atoms with E-state index in [9.17, 15) is 13.2 Å². The Morgan fingerprint density at radius 3 is 2.91 bits per heavy atom. The fourth-order valence-corrected chi connectivity index (χ4v) is 4.39. The zero-order valence-electron chi connectivity index (χ0n) is 13.5. The van der Waals surface area contributed by atoms with Gasteiger partial charge in [0.1, 0.15) is 5.69 Å². The van der Waals surface area contributed by atoms with Crippen molar-refractivity contribution >= 4 is 15.9 Å². The van der Waals surface area contributed by atoms with E-state index in [1.54, 1.807) is 4.90 Å². The summed E-state index contributed by atoms with van der Waals surface area (Å²) in [5, 5.41) is 0. The molecule has 2 aliphatic rings. The molecule has 0 radical (unpaired) electrons. The molecule has 8 heteroatoms. The molecule has 3 rings (SSSR count). The van der Waals surface area contributed by atoms with Crippen LogP contribution in [0.4, 0.5) is 0 Å². The summed E-state index contributed by atoms with van der Waals surface area (Å²) in [5.41, 5.74) is 0.227. The second-order valence-electron chi connectivity index (χ2n) is 6.59. The van der Waals surface area contributed by atoms with Crippen molar-refractivity contribution in [2.45, 2.75) is 30.9 Å². The minimum atomic E-state index is -3.23. The highest BCUT2D eigenvalue weighted by atomic mass is 32.2. The molecule has 23 heavy (non-hydrogen) atoms. The SMILES string of the molecule is Cn1cccc1C(=O)N1CC[C@@]2(C[C@@H](NS(C)(=O)=O)CCO2)C1. The van der Waals surface area contributed by atoms with E-state index < -0.39 is 15.6 Å². The van der Waals surface area contributed by atoms with Crippen LogP contribution >= 0.6 is 0 Å². The normalized spacial score (nSPS) is 28.4. The number of rotatable bonds is 3. The molecule has 3 heterocycles. The molecule has 2 fully saturated rings. The first kappa shape index (κ1) is 16.5. The minimum Gasteiger partial charge on any atom is -0.373 e. The van der Waals surface area contributed by atoms with Gasteiger partial charge in [-0.05, 0) is 31.4 Å². The topological polar surface area (TPSA) is 80.6 Å². The van der Waals surface area contributed by atoms with Crippen LogP contribution in [0.2, 0.25) is 0 Å². The van der Waals surface area contributed by atoms with E-state index in [-0.39, 0.29) is 11.9 Å². The number of nitrogens with zero attached hydrogens (tertiary/aromatic N) is 2. The van der Waals surface area contributed by atoms with Crippen molar-refractivity contribution in [3.63, 3.8) is 0 Å². The first-order valence-electron chi connectivity index (χ1n) is 7.80. The molecule has 1 N–H and O–H groups in total. The predicted molar refractivity (Wildman–Crippen MR) is 85.6 cm³/mol. The first-order valence-corrected chi connectivity index (χ1v) is 9.69. The number of aromatic nitrogens is 1. The summed E-state index contributed by atoms with van der Waals surface area (Å²) in [5.74, 6) is -0.00355. The number of carbonyl (C=O) groups excluding carboxylic acids is 1. The van der Waals surface area contributed by atoms with Crippen LogP contribution in [0.3, 0.4) is 0 Å². The predicted octanol–water partition coefficient (Wildman–Crippen LogP) is 0.338. The molecule has 128 valence electrons. The minimum absolute atomic E-state index is 0.00355. The van der Waals surface area contributed by atoms with E-state index in [0.717, 1.165) is 6.42 Å². The molecule has 2 atom stereocenters. The molecule has 2 aliphatic heterocycles. The van der Waals surface area contributed by atoms with Gasteiger partial charge in [-0.2, -0.15) is 0 Å². The standard InChI is InChI=1S/C15H23N3O4S/c1-17-7-3-4-13(17)14(19)18-8-6-15(11-18)10-12(5-9-22-15)16-23(2,20)21/h3-4,7,12,16H,5-6,8-11H2,1-2H3/t12-,15+/m0/s1. The lowest BCUT2D eigenvalue weighted by Crippen LogP contribution is -2.50. The molecule has 0 bridgehead atoms. The summed E-state index contributed by atoms with van der Waals surface area (Å²) in [4.78, 5) is 14.4. The van der Waals surface area contributed by atoms with Gasteiger partial charge in [0.2, 0.25) is 10.0 Å². The van der Waals surface area contributed by atoms with Gasteiger partial charge < -0.3 is 14.2 Å². The Bertz CT molecular complexity index is 699. The zero-order valence-corrected chi connectivity index (χ0v) is 14.3. The van der Waals surface area contributed by atoms with Gasteiger partial charge in [0.25, 0.3) is 5.91 Å². The van der Waals surface area contributed by atoms with Crippen molar-refractivity contribution in [2.24, 2.45) is 7.05 Å². The van der Waals surface area contributed by atoms with Crippen LogP contribution in [-0.4, -0.2) is 61.4 Å². The van der Waals surface area contributed by atoms with Crippen LogP contribution in [0.25, 0.3) is 0 Å². The number of ether oxygens (including phenoxy) is 1. The number of likely N-dealkylation sites (tertiary alicyclic amines) is 1. The maximum atomic E-state index is 12.6. The quantitative estimate of drug-likeness (QED) is 0.860. The number of amides is 1. The number of nitrogens with one attached hydrogen (secondary N) is 1. The summed E-state index contributed by atoms with van der Waals surface area (Å²) in [6, 6.07) is 3.54. The Morgan fingerprint density at radius 1 is 1.48 bits per heavy atom.